The van der Waals surface area contributed by atoms with E-state index in [1.807, 2.05) is 0 Å². The van der Waals surface area contributed by atoms with Gasteiger partial charge in [-0.05, 0) is 33.6 Å². The van der Waals surface area contributed by atoms with Crippen LogP contribution in [0.3, 0.4) is 0 Å². The highest BCUT2D eigenvalue weighted by atomic mass is 79.9. The third-order valence-corrected chi connectivity index (χ3v) is 2.88. The number of carbonyl (C=O) groups excluding carboxylic acids is 1. The second-order valence-corrected chi connectivity index (χ2v) is 4.27. The Kier molecular flexibility index (Phi) is 4.55. The normalized spacial score (nSPS) is 14.4. The highest BCUT2D eigenvalue weighted by molar-refractivity contribution is 9.10. The van der Waals surface area contributed by atoms with Crippen LogP contribution < -0.4 is 5.73 Å². The van der Waals surface area contributed by atoms with E-state index in [0.29, 0.717) is 0 Å². The highest BCUT2D eigenvalue weighted by Crippen LogP contribution is 2.26. The molecule has 1 aromatic carbocycles. The SMILES string of the molecule is NC(=O)CC(O)C(O)c1cc(F)c(Br)c(F)c1. The molecule has 0 aliphatic heterocycles. The number of amides is 1. The van der Waals surface area contributed by atoms with Gasteiger partial charge in [-0.1, -0.05) is 0 Å². The summed E-state index contributed by atoms with van der Waals surface area (Å²) in [5, 5.41) is 19.0. The number of aliphatic hydroxyl groups is 2. The van der Waals surface area contributed by atoms with Gasteiger partial charge in [0.2, 0.25) is 5.91 Å². The average molecular weight is 310 g/mol. The van der Waals surface area contributed by atoms with Crippen LogP contribution in [-0.2, 0) is 4.79 Å². The van der Waals surface area contributed by atoms with E-state index in [2.05, 4.69) is 15.9 Å². The molecule has 0 fully saturated rings. The lowest BCUT2D eigenvalue weighted by Crippen LogP contribution is -2.25. The number of carbonyl (C=O) groups is 1. The Hall–Kier alpha value is -1.05. The van der Waals surface area contributed by atoms with E-state index >= 15 is 0 Å². The maximum atomic E-state index is 13.2. The van der Waals surface area contributed by atoms with Gasteiger partial charge in [0.1, 0.15) is 17.7 Å². The van der Waals surface area contributed by atoms with Crippen LogP contribution in [0, 0.1) is 11.6 Å². The van der Waals surface area contributed by atoms with Crippen molar-refractivity contribution >= 4 is 21.8 Å². The standard InChI is InChI=1S/C10H10BrF2NO3/c11-9-5(12)1-4(2-6(9)13)10(17)7(15)3-8(14)16/h1-2,7,10,15,17H,3H2,(H2,14,16). The number of hydrogen-bond acceptors (Lipinski definition) is 3. The zero-order valence-electron chi connectivity index (χ0n) is 8.53. The summed E-state index contributed by atoms with van der Waals surface area (Å²) in [6, 6.07) is 1.73. The number of halogens is 3. The third-order valence-electron chi connectivity index (χ3n) is 2.12. The lowest BCUT2D eigenvalue weighted by molar-refractivity contribution is -0.121. The van der Waals surface area contributed by atoms with Crippen molar-refractivity contribution in [1.82, 2.24) is 0 Å². The molecule has 17 heavy (non-hydrogen) atoms. The Morgan fingerprint density at radius 2 is 1.82 bits per heavy atom. The second kappa shape index (κ2) is 5.52. The third kappa shape index (κ3) is 3.45. The first-order valence-corrected chi connectivity index (χ1v) is 5.41. The molecular weight excluding hydrogens is 300 g/mol. The summed E-state index contributed by atoms with van der Waals surface area (Å²) in [5.41, 5.74) is 4.66. The number of benzene rings is 1. The van der Waals surface area contributed by atoms with Gasteiger partial charge < -0.3 is 15.9 Å². The molecule has 7 heteroatoms. The Bertz CT molecular complexity index is 419. The smallest absolute Gasteiger partial charge is 0.220 e. The van der Waals surface area contributed by atoms with Crippen LogP contribution in [0.2, 0.25) is 0 Å². The number of hydrogen-bond donors (Lipinski definition) is 3. The molecule has 0 aliphatic carbocycles. The minimum atomic E-state index is -1.58. The number of primary amides is 1. The van der Waals surface area contributed by atoms with Crippen molar-refractivity contribution in [1.29, 1.82) is 0 Å². The van der Waals surface area contributed by atoms with Gasteiger partial charge in [0.15, 0.2) is 0 Å². The maximum Gasteiger partial charge on any atom is 0.220 e. The fourth-order valence-electron chi connectivity index (χ4n) is 1.29. The molecule has 0 saturated carbocycles. The van der Waals surface area contributed by atoms with Crippen LogP contribution in [0.1, 0.15) is 18.1 Å². The van der Waals surface area contributed by atoms with E-state index in [9.17, 15) is 23.8 Å². The number of aliphatic hydroxyl groups excluding tert-OH is 2. The van der Waals surface area contributed by atoms with Crippen LogP contribution in [0.5, 0.6) is 0 Å². The summed E-state index contributed by atoms with van der Waals surface area (Å²) < 4.78 is 25.9. The molecule has 1 amide bonds. The quantitative estimate of drug-likeness (QED) is 0.725. The molecule has 0 radical (unpaired) electrons. The van der Waals surface area contributed by atoms with Gasteiger partial charge in [-0.25, -0.2) is 8.78 Å². The van der Waals surface area contributed by atoms with E-state index < -0.39 is 36.2 Å². The van der Waals surface area contributed by atoms with Crippen LogP contribution in [0.15, 0.2) is 16.6 Å². The highest BCUT2D eigenvalue weighted by Gasteiger charge is 2.22. The summed E-state index contributed by atoms with van der Waals surface area (Å²) >= 11 is 2.67. The van der Waals surface area contributed by atoms with Crippen molar-refractivity contribution in [2.24, 2.45) is 5.73 Å². The summed E-state index contributed by atoms with van der Waals surface area (Å²) in [6.07, 6.45) is -3.59. The Morgan fingerprint density at radius 3 is 2.24 bits per heavy atom. The summed E-state index contributed by atoms with van der Waals surface area (Å²) in [4.78, 5) is 10.5. The zero-order chi connectivity index (χ0) is 13.2. The van der Waals surface area contributed by atoms with Crippen molar-refractivity contribution in [3.63, 3.8) is 0 Å². The molecule has 0 saturated heterocycles. The van der Waals surface area contributed by atoms with Gasteiger partial charge in [0.25, 0.3) is 0 Å². The molecule has 1 aromatic rings. The molecule has 94 valence electrons. The molecular formula is C10H10BrF2NO3. The molecule has 0 aliphatic rings. The van der Waals surface area contributed by atoms with Gasteiger partial charge in [-0.3, -0.25) is 4.79 Å². The zero-order valence-corrected chi connectivity index (χ0v) is 10.1. The Balaban J connectivity index is 2.96. The topological polar surface area (TPSA) is 83.6 Å². The minimum absolute atomic E-state index is 0.169. The summed E-state index contributed by atoms with van der Waals surface area (Å²) in [6.45, 7) is 0. The predicted octanol–water partition coefficient (Wildman–Crippen LogP) is 0.997. The van der Waals surface area contributed by atoms with Crippen LogP contribution >= 0.6 is 15.9 Å². The molecule has 4 nitrogen and oxygen atoms in total. The molecule has 0 aromatic heterocycles. The van der Waals surface area contributed by atoms with E-state index in [0.717, 1.165) is 12.1 Å². The van der Waals surface area contributed by atoms with Crippen molar-refractivity contribution in [2.75, 3.05) is 0 Å². The first kappa shape index (κ1) is 14.0. The van der Waals surface area contributed by atoms with Crippen molar-refractivity contribution in [3.05, 3.63) is 33.8 Å². The second-order valence-electron chi connectivity index (χ2n) is 3.48. The maximum absolute atomic E-state index is 13.2. The van der Waals surface area contributed by atoms with Crippen LogP contribution in [0.4, 0.5) is 8.78 Å². The lowest BCUT2D eigenvalue weighted by atomic mass is 10.0. The fourth-order valence-corrected chi connectivity index (χ4v) is 1.51. The van der Waals surface area contributed by atoms with Crippen molar-refractivity contribution < 1.29 is 23.8 Å². The van der Waals surface area contributed by atoms with E-state index in [1.165, 1.54) is 0 Å². The fraction of sp³-hybridized carbons (Fsp3) is 0.300. The van der Waals surface area contributed by atoms with Gasteiger partial charge >= 0.3 is 0 Å². The largest absolute Gasteiger partial charge is 0.390 e. The number of rotatable bonds is 4. The first-order valence-electron chi connectivity index (χ1n) is 4.61. The van der Waals surface area contributed by atoms with Gasteiger partial charge in [-0.2, -0.15) is 0 Å². The van der Waals surface area contributed by atoms with Gasteiger partial charge in [0, 0.05) is 0 Å². The molecule has 4 N–H and O–H groups in total. The van der Waals surface area contributed by atoms with Crippen molar-refractivity contribution in [3.8, 4) is 0 Å². The van der Waals surface area contributed by atoms with Crippen LogP contribution in [-0.4, -0.2) is 22.2 Å². The Morgan fingerprint density at radius 1 is 1.35 bits per heavy atom. The van der Waals surface area contributed by atoms with E-state index in [4.69, 9.17) is 5.73 Å². The molecule has 0 bridgehead atoms. The predicted molar refractivity (Wildman–Crippen MR) is 58.8 cm³/mol. The first-order chi connectivity index (χ1) is 7.82. The summed E-state index contributed by atoms with van der Waals surface area (Å²) in [5.74, 6) is -2.65. The molecule has 2 atom stereocenters. The molecule has 0 heterocycles. The monoisotopic (exact) mass is 309 g/mol. The van der Waals surface area contributed by atoms with Crippen LogP contribution in [0.25, 0.3) is 0 Å². The Labute approximate surface area is 104 Å². The molecule has 1 rings (SSSR count). The van der Waals surface area contributed by atoms with Crippen molar-refractivity contribution in [2.45, 2.75) is 18.6 Å². The average Bonchev–Trinajstić information content (AvgIpc) is 2.23. The van der Waals surface area contributed by atoms with Gasteiger partial charge in [0.05, 0.1) is 17.0 Å². The van der Waals surface area contributed by atoms with E-state index in [-0.39, 0.29) is 10.0 Å². The molecule has 0 spiro atoms. The lowest BCUT2D eigenvalue weighted by Gasteiger charge is -2.17. The number of nitrogens with two attached hydrogens (primary N) is 1. The molecule has 2 unspecified atom stereocenters. The van der Waals surface area contributed by atoms with E-state index in [1.54, 1.807) is 0 Å². The van der Waals surface area contributed by atoms with Gasteiger partial charge in [-0.15, -0.1) is 0 Å². The summed E-state index contributed by atoms with van der Waals surface area (Å²) in [7, 11) is 0. The minimum Gasteiger partial charge on any atom is -0.390 e.